The van der Waals surface area contributed by atoms with Gasteiger partial charge in [0.05, 0.1) is 11.6 Å². The van der Waals surface area contributed by atoms with Crippen LogP contribution in [0.4, 0.5) is 15.8 Å². The van der Waals surface area contributed by atoms with E-state index in [1.54, 1.807) is 17.0 Å². The molecule has 1 atom stereocenters. The molecule has 0 N–H and O–H groups in total. The number of piperazine rings is 1. The highest BCUT2D eigenvalue weighted by molar-refractivity contribution is 6.00. The van der Waals surface area contributed by atoms with Crippen LogP contribution in [0.2, 0.25) is 0 Å². The molecule has 184 valence electrons. The van der Waals surface area contributed by atoms with Crippen molar-refractivity contribution in [1.29, 1.82) is 0 Å². The number of rotatable bonds is 4. The smallest absolute Gasteiger partial charge is 0.228 e. The van der Waals surface area contributed by atoms with Crippen molar-refractivity contribution in [2.75, 3.05) is 55.6 Å². The lowest BCUT2D eigenvalue weighted by atomic mass is 9.93. The Morgan fingerprint density at radius 3 is 2.03 bits per heavy atom. The van der Waals surface area contributed by atoms with E-state index in [-0.39, 0.29) is 41.8 Å². The highest BCUT2D eigenvalue weighted by atomic mass is 19.1. The van der Waals surface area contributed by atoms with Crippen LogP contribution in [0, 0.1) is 17.7 Å². The number of para-hydroxylation sites is 2. The Balaban J connectivity index is 1.10. The number of likely N-dealkylation sites (tertiary alicyclic amines) is 1. The third-order valence-corrected chi connectivity index (χ3v) is 7.48. The van der Waals surface area contributed by atoms with Crippen molar-refractivity contribution in [3.8, 4) is 0 Å². The first-order valence-corrected chi connectivity index (χ1v) is 12.4. The maximum Gasteiger partial charge on any atom is 0.228 e. The van der Waals surface area contributed by atoms with Crippen LogP contribution in [0.25, 0.3) is 0 Å². The van der Waals surface area contributed by atoms with Crippen LogP contribution in [-0.4, -0.2) is 73.3 Å². The molecule has 2 aromatic carbocycles. The van der Waals surface area contributed by atoms with Gasteiger partial charge in [0.2, 0.25) is 17.7 Å². The fourth-order valence-corrected chi connectivity index (χ4v) is 5.47. The summed E-state index contributed by atoms with van der Waals surface area (Å²) in [6.45, 7) is 3.86. The molecule has 5 rings (SSSR count). The number of halogens is 1. The number of piperidine rings is 1. The minimum atomic E-state index is -0.332. The van der Waals surface area contributed by atoms with E-state index in [1.807, 2.05) is 51.1 Å². The monoisotopic (exact) mass is 478 g/mol. The fraction of sp³-hybridized carbons (Fsp3) is 0.444. The molecule has 1 unspecified atom stereocenters. The first-order chi connectivity index (χ1) is 17.0. The average molecular weight is 479 g/mol. The van der Waals surface area contributed by atoms with E-state index in [4.69, 9.17) is 0 Å². The molecule has 0 bridgehead atoms. The van der Waals surface area contributed by atoms with Crippen molar-refractivity contribution >= 4 is 29.1 Å². The SMILES string of the molecule is O=C(C1CCN(C(=O)C2CC(=O)N(c3ccccc3)C2)CC1)N1CCN(c2ccccc2F)CC1. The molecular formula is C27H31FN4O3. The second-order valence-corrected chi connectivity index (χ2v) is 9.60. The molecule has 3 saturated heterocycles. The minimum absolute atomic E-state index is 0.0150. The number of hydrogen-bond acceptors (Lipinski definition) is 4. The van der Waals surface area contributed by atoms with Gasteiger partial charge >= 0.3 is 0 Å². The van der Waals surface area contributed by atoms with Crippen LogP contribution in [-0.2, 0) is 14.4 Å². The van der Waals surface area contributed by atoms with E-state index in [9.17, 15) is 18.8 Å². The molecule has 3 aliphatic heterocycles. The van der Waals surface area contributed by atoms with Gasteiger partial charge < -0.3 is 19.6 Å². The molecule has 0 spiro atoms. The summed E-state index contributed by atoms with van der Waals surface area (Å²) in [5.41, 5.74) is 1.41. The lowest BCUT2D eigenvalue weighted by Gasteiger charge is -2.39. The first kappa shape index (κ1) is 23.3. The highest BCUT2D eigenvalue weighted by Gasteiger charge is 2.39. The molecule has 7 nitrogen and oxygen atoms in total. The number of hydrogen-bond donors (Lipinski definition) is 0. The van der Waals surface area contributed by atoms with E-state index < -0.39 is 0 Å². The van der Waals surface area contributed by atoms with E-state index in [2.05, 4.69) is 0 Å². The third-order valence-electron chi connectivity index (χ3n) is 7.48. The third kappa shape index (κ3) is 4.88. The van der Waals surface area contributed by atoms with Gasteiger partial charge in [0.25, 0.3) is 0 Å². The van der Waals surface area contributed by atoms with Crippen LogP contribution >= 0.6 is 0 Å². The molecule has 3 heterocycles. The Morgan fingerprint density at radius 2 is 1.34 bits per heavy atom. The van der Waals surface area contributed by atoms with Crippen molar-refractivity contribution in [2.45, 2.75) is 19.3 Å². The first-order valence-electron chi connectivity index (χ1n) is 12.4. The predicted octanol–water partition coefficient (Wildman–Crippen LogP) is 2.77. The second-order valence-electron chi connectivity index (χ2n) is 9.60. The number of carbonyl (C=O) groups is 3. The van der Waals surface area contributed by atoms with E-state index in [0.717, 1.165) is 5.69 Å². The van der Waals surface area contributed by atoms with E-state index in [1.165, 1.54) is 6.07 Å². The van der Waals surface area contributed by atoms with Crippen LogP contribution in [0.5, 0.6) is 0 Å². The van der Waals surface area contributed by atoms with Gasteiger partial charge in [-0.05, 0) is 37.1 Å². The maximum atomic E-state index is 14.1. The summed E-state index contributed by atoms with van der Waals surface area (Å²) >= 11 is 0. The molecule has 3 fully saturated rings. The number of carbonyl (C=O) groups excluding carboxylic acids is 3. The van der Waals surface area contributed by atoms with Gasteiger partial charge in [0.15, 0.2) is 0 Å². The van der Waals surface area contributed by atoms with E-state index in [0.29, 0.717) is 64.3 Å². The summed E-state index contributed by atoms with van der Waals surface area (Å²) in [6, 6.07) is 16.2. The predicted molar refractivity (Wildman–Crippen MR) is 131 cm³/mol. The molecule has 35 heavy (non-hydrogen) atoms. The lowest BCUT2D eigenvalue weighted by molar-refractivity contribution is -0.142. The molecule has 0 aromatic heterocycles. The summed E-state index contributed by atoms with van der Waals surface area (Å²) < 4.78 is 14.1. The molecule has 0 aliphatic carbocycles. The molecule has 0 radical (unpaired) electrons. The van der Waals surface area contributed by atoms with Crippen LogP contribution in [0.1, 0.15) is 19.3 Å². The Labute approximate surface area is 205 Å². The van der Waals surface area contributed by atoms with Gasteiger partial charge in [-0.25, -0.2) is 4.39 Å². The highest BCUT2D eigenvalue weighted by Crippen LogP contribution is 2.29. The Bertz CT molecular complexity index is 1080. The lowest BCUT2D eigenvalue weighted by Crippen LogP contribution is -2.52. The zero-order valence-corrected chi connectivity index (χ0v) is 19.8. The van der Waals surface area contributed by atoms with Gasteiger partial charge in [0, 0.05) is 63.8 Å². The number of anilines is 2. The van der Waals surface area contributed by atoms with Crippen molar-refractivity contribution < 1.29 is 18.8 Å². The number of nitrogens with zero attached hydrogens (tertiary/aromatic N) is 4. The van der Waals surface area contributed by atoms with Gasteiger partial charge in [-0.1, -0.05) is 30.3 Å². The largest absolute Gasteiger partial charge is 0.366 e. The van der Waals surface area contributed by atoms with Gasteiger partial charge in [-0.3, -0.25) is 14.4 Å². The topological polar surface area (TPSA) is 64.2 Å². The number of benzene rings is 2. The van der Waals surface area contributed by atoms with Gasteiger partial charge in [-0.15, -0.1) is 0 Å². The molecule has 0 saturated carbocycles. The summed E-state index contributed by atoms with van der Waals surface area (Å²) in [7, 11) is 0. The zero-order chi connectivity index (χ0) is 24.4. The Hall–Kier alpha value is -3.42. The van der Waals surface area contributed by atoms with Gasteiger partial charge in [0.1, 0.15) is 5.82 Å². The Kier molecular flexibility index (Phi) is 6.70. The van der Waals surface area contributed by atoms with Crippen LogP contribution < -0.4 is 9.80 Å². The van der Waals surface area contributed by atoms with Crippen molar-refractivity contribution in [3.63, 3.8) is 0 Å². The van der Waals surface area contributed by atoms with Crippen molar-refractivity contribution in [3.05, 3.63) is 60.4 Å². The summed E-state index contributed by atoms with van der Waals surface area (Å²) in [6.07, 6.45) is 1.52. The molecular weight excluding hydrogens is 447 g/mol. The summed E-state index contributed by atoms with van der Waals surface area (Å²) in [4.78, 5) is 46.1. The molecule has 3 amide bonds. The second kappa shape index (κ2) is 10.1. The standard InChI is InChI=1S/C27H31FN4O3/c28-23-8-4-5-9-24(23)29-14-16-31(17-15-29)26(34)20-10-12-30(13-11-20)27(35)21-18-25(33)32(19-21)22-6-2-1-3-7-22/h1-9,20-21H,10-19H2. The molecule has 2 aromatic rings. The zero-order valence-electron chi connectivity index (χ0n) is 19.8. The van der Waals surface area contributed by atoms with Crippen LogP contribution in [0.3, 0.4) is 0 Å². The van der Waals surface area contributed by atoms with Crippen molar-refractivity contribution in [1.82, 2.24) is 9.80 Å². The summed E-state index contributed by atoms with van der Waals surface area (Å²) in [5, 5.41) is 0. The van der Waals surface area contributed by atoms with Gasteiger partial charge in [-0.2, -0.15) is 0 Å². The molecule has 8 heteroatoms. The normalized spacial score (nSPS) is 21.5. The van der Waals surface area contributed by atoms with E-state index >= 15 is 0 Å². The fourth-order valence-electron chi connectivity index (χ4n) is 5.47. The quantitative estimate of drug-likeness (QED) is 0.678. The van der Waals surface area contributed by atoms with Crippen LogP contribution in [0.15, 0.2) is 54.6 Å². The van der Waals surface area contributed by atoms with Crippen molar-refractivity contribution in [2.24, 2.45) is 11.8 Å². The number of amides is 3. The maximum absolute atomic E-state index is 14.1. The molecule has 3 aliphatic rings. The Morgan fingerprint density at radius 1 is 0.743 bits per heavy atom. The minimum Gasteiger partial charge on any atom is -0.366 e. The summed E-state index contributed by atoms with van der Waals surface area (Å²) in [5.74, 6) is -0.529. The average Bonchev–Trinajstić information content (AvgIpc) is 3.30.